The maximum Gasteiger partial charge on any atom is 0.363 e. The number of ether oxygens (including phenoxy) is 2. The lowest BCUT2D eigenvalue weighted by Crippen LogP contribution is -2.15. The number of nitro groups is 1. The van der Waals surface area contributed by atoms with Crippen LogP contribution in [0.25, 0.3) is 0 Å². The highest BCUT2D eigenvalue weighted by molar-refractivity contribution is 5.86. The van der Waals surface area contributed by atoms with Crippen molar-refractivity contribution >= 4 is 17.7 Å². The number of H-pyrrole nitrogens is 1. The van der Waals surface area contributed by atoms with Gasteiger partial charge in [0, 0.05) is 17.7 Å². The summed E-state index contributed by atoms with van der Waals surface area (Å²) >= 11 is 0. The molecular weight excluding hydrogens is 320 g/mol. The summed E-state index contributed by atoms with van der Waals surface area (Å²) < 4.78 is 10.1. The molecule has 0 unspecified atom stereocenters. The Morgan fingerprint density at radius 1 is 1.33 bits per heavy atom. The topological polar surface area (TPSA) is 145 Å². The third kappa shape index (κ3) is 3.63. The number of aromatic amines is 1. The van der Waals surface area contributed by atoms with Gasteiger partial charge in [-0.2, -0.15) is 15.2 Å². The highest BCUT2D eigenvalue weighted by Gasteiger charge is 2.18. The number of rotatable bonds is 6. The molecule has 126 valence electrons. The van der Waals surface area contributed by atoms with Crippen LogP contribution in [0, 0.1) is 17.0 Å². The van der Waals surface area contributed by atoms with Crippen LogP contribution in [0.15, 0.2) is 22.0 Å². The maximum atomic E-state index is 11.1. The molecule has 0 bridgehead atoms. The van der Waals surface area contributed by atoms with Crippen molar-refractivity contribution in [3.63, 3.8) is 0 Å². The highest BCUT2D eigenvalue weighted by Crippen LogP contribution is 2.33. The Labute approximate surface area is 135 Å². The average molecular weight is 334 g/mol. The number of anilines is 1. The van der Waals surface area contributed by atoms with E-state index in [1.54, 1.807) is 6.92 Å². The first kappa shape index (κ1) is 16.9. The predicted octanol–water partition coefficient (Wildman–Crippen LogP) is 0.845. The Morgan fingerprint density at radius 3 is 2.67 bits per heavy atom. The van der Waals surface area contributed by atoms with Crippen LogP contribution in [0.4, 0.5) is 11.5 Å². The summed E-state index contributed by atoms with van der Waals surface area (Å²) in [4.78, 5) is 25.3. The minimum absolute atomic E-state index is 0.0678. The number of nitro benzene ring substituents is 1. The van der Waals surface area contributed by atoms with Crippen LogP contribution in [0.1, 0.15) is 11.3 Å². The molecule has 0 atom stereocenters. The SMILES string of the molecule is COc1cc(OC)c([N+](=O)[O-])cc1/C=N/Nc1nc(=O)[nH]nc1C. The number of nitrogens with one attached hydrogen (secondary N) is 2. The molecule has 0 fully saturated rings. The molecule has 2 rings (SSSR count). The molecule has 0 radical (unpaired) electrons. The Morgan fingerprint density at radius 2 is 2.04 bits per heavy atom. The largest absolute Gasteiger partial charge is 0.496 e. The van der Waals surface area contributed by atoms with Gasteiger partial charge in [-0.25, -0.2) is 9.89 Å². The summed E-state index contributed by atoms with van der Waals surface area (Å²) in [7, 11) is 2.74. The van der Waals surface area contributed by atoms with Crippen LogP contribution in [-0.4, -0.2) is 40.5 Å². The third-order valence-electron chi connectivity index (χ3n) is 2.98. The summed E-state index contributed by atoms with van der Waals surface area (Å²) in [6, 6.07) is 2.65. The predicted molar refractivity (Wildman–Crippen MR) is 84.8 cm³/mol. The van der Waals surface area contributed by atoms with E-state index in [1.807, 2.05) is 0 Å². The van der Waals surface area contributed by atoms with Gasteiger partial charge in [0.05, 0.1) is 25.4 Å². The number of aryl methyl sites for hydroxylation is 1. The van der Waals surface area contributed by atoms with Crippen molar-refractivity contribution in [2.24, 2.45) is 5.10 Å². The molecule has 2 N–H and O–H groups in total. The smallest absolute Gasteiger partial charge is 0.363 e. The van der Waals surface area contributed by atoms with Gasteiger partial charge in [0.2, 0.25) is 5.75 Å². The number of methoxy groups -OCH3 is 2. The highest BCUT2D eigenvalue weighted by atomic mass is 16.6. The second-order valence-corrected chi connectivity index (χ2v) is 4.47. The normalized spacial score (nSPS) is 10.6. The summed E-state index contributed by atoms with van der Waals surface area (Å²) in [6.45, 7) is 1.62. The molecule has 24 heavy (non-hydrogen) atoms. The molecule has 0 spiro atoms. The Hall–Kier alpha value is -3.50. The molecule has 0 aliphatic carbocycles. The lowest BCUT2D eigenvalue weighted by molar-refractivity contribution is -0.385. The van der Waals surface area contributed by atoms with Gasteiger partial charge in [0.15, 0.2) is 5.82 Å². The van der Waals surface area contributed by atoms with Crippen molar-refractivity contribution in [2.45, 2.75) is 6.92 Å². The Kier molecular flexibility index (Phi) is 5.04. The Balaban J connectivity index is 2.34. The van der Waals surface area contributed by atoms with Crippen LogP contribution >= 0.6 is 0 Å². The first-order valence-electron chi connectivity index (χ1n) is 6.59. The molecule has 1 heterocycles. The third-order valence-corrected chi connectivity index (χ3v) is 2.98. The number of aromatic nitrogens is 3. The molecule has 11 nitrogen and oxygen atoms in total. The molecular formula is C13H14N6O5. The van der Waals surface area contributed by atoms with E-state index in [0.29, 0.717) is 17.0 Å². The van der Waals surface area contributed by atoms with Gasteiger partial charge < -0.3 is 9.47 Å². The van der Waals surface area contributed by atoms with E-state index in [2.05, 4.69) is 25.7 Å². The molecule has 0 amide bonds. The molecule has 11 heteroatoms. The van der Waals surface area contributed by atoms with Crippen LogP contribution in [0.2, 0.25) is 0 Å². The molecule has 1 aromatic heterocycles. The molecule has 0 saturated heterocycles. The van der Waals surface area contributed by atoms with Crippen molar-refractivity contribution in [1.29, 1.82) is 0 Å². The van der Waals surface area contributed by atoms with Crippen molar-refractivity contribution in [3.8, 4) is 11.5 Å². The first-order valence-corrected chi connectivity index (χ1v) is 6.59. The molecule has 1 aromatic carbocycles. The number of nitrogens with zero attached hydrogens (tertiary/aromatic N) is 4. The zero-order valence-corrected chi connectivity index (χ0v) is 13.1. The summed E-state index contributed by atoms with van der Waals surface area (Å²) in [5.74, 6) is 0.562. The van der Waals surface area contributed by atoms with Gasteiger partial charge in [0.1, 0.15) is 11.4 Å². The number of hydrogen-bond acceptors (Lipinski definition) is 9. The fourth-order valence-corrected chi connectivity index (χ4v) is 1.81. The van der Waals surface area contributed by atoms with Crippen molar-refractivity contribution in [2.75, 3.05) is 19.6 Å². The van der Waals surface area contributed by atoms with Crippen molar-refractivity contribution < 1.29 is 14.4 Å². The minimum atomic E-state index is -0.629. The first-order chi connectivity index (χ1) is 11.5. The number of benzene rings is 1. The summed E-state index contributed by atoms with van der Waals surface area (Å²) in [5.41, 5.74) is 2.46. The quantitative estimate of drug-likeness (QED) is 0.449. The van der Waals surface area contributed by atoms with Gasteiger partial charge in [-0.1, -0.05) is 0 Å². The lowest BCUT2D eigenvalue weighted by atomic mass is 10.1. The van der Waals surface area contributed by atoms with E-state index in [4.69, 9.17) is 9.47 Å². The zero-order chi connectivity index (χ0) is 17.7. The van der Waals surface area contributed by atoms with Gasteiger partial charge in [0.25, 0.3) is 0 Å². The summed E-state index contributed by atoms with van der Waals surface area (Å²) in [6.07, 6.45) is 1.30. The van der Waals surface area contributed by atoms with E-state index in [1.165, 1.54) is 32.6 Å². The van der Waals surface area contributed by atoms with Gasteiger partial charge in [-0.15, -0.1) is 0 Å². The minimum Gasteiger partial charge on any atom is -0.496 e. The van der Waals surface area contributed by atoms with Gasteiger partial charge >= 0.3 is 11.4 Å². The Bertz CT molecular complexity index is 847. The van der Waals surface area contributed by atoms with Crippen LogP contribution in [0.3, 0.4) is 0 Å². The van der Waals surface area contributed by atoms with Crippen LogP contribution < -0.4 is 20.6 Å². The monoisotopic (exact) mass is 334 g/mol. The molecule has 0 aliphatic rings. The van der Waals surface area contributed by atoms with E-state index < -0.39 is 10.6 Å². The maximum absolute atomic E-state index is 11.1. The number of hydrazone groups is 1. The molecule has 0 aliphatic heterocycles. The van der Waals surface area contributed by atoms with E-state index >= 15 is 0 Å². The molecule has 0 saturated carbocycles. The van der Waals surface area contributed by atoms with Crippen molar-refractivity contribution in [3.05, 3.63) is 44.0 Å². The van der Waals surface area contributed by atoms with Gasteiger partial charge in [-0.05, 0) is 6.92 Å². The zero-order valence-electron chi connectivity index (χ0n) is 13.1. The van der Waals surface area contributed by atoms with E-state index in [-0.39, 0.29) is 17.3 Å². The van der Waals surface area contributed by atoms with Crippen LogP contribution in [-0.2, 0) is 0 Å². The van der Waals surface area contributed by atoms with Crippen molar-refractivity contribution in [1.82, 2.24) is 15.2 Å². The standard InChI is InChI=1S/C13H14N6O5/c1-7-12(15-13(20)18-16-7)17-14-6-8-4-9(19(21)22)11(24-3)5-10(8)23-2/h4-6H,1-3H3,(H2,15,17,18,20)/b14-6+. The number of hydrogen-bond donors (Lipinski definition) is 2. The van der Waals surface area contributed by atoms with Crippen LogP contribution in [0.5, 0.6) is 11.5 Å². The lowest BCUT2D eigenvalue weighted by Gasteiger charge is -2.08. The average Bonchev–Trinajstić information content (AvgIpc) is 2.57. The fourth-order valence-electron chi connectivity index (χ4n) is 1.81. The second kappa shape index (κ2) is 7.17. The summed E-state index contributed by atoms with van der Waals surface area (Å²) in [5, 5.41) is 20.9. The van der Waals surface area contributed by atoms with E-state index in [9.17, 15) is 14.9 Å². The second-order valence-electron chi connectivity index (χ2n) is 4.47. The fraction of sp³-hybridized carbons (Fsp3) is 0.231. The van der Waals surface area contributed by atoms with Gasteiger partial charge in [-0.3, -0.25) is 15.5 Å². The van der Waals surface area contributed by atoms with E-state index in [0.717, 1.165) is 0 Å². The molecule has 2 aromatic rings.